The molecule has 0 N–H and O–H groups in total. The minimum absolute atomic E-state index is 0.122. The van der Waals surface area contributed by atoms with Crippen LogP contribution in [0.1, 0.15) is 47.5 Å². The number of carbonyl (C=O) groups excluding carboxylic acids is 2. The Hall–Kier alpha value is -1.06. The van der Waals surface area contributed by atoms with E-state index in [4.69, 9.17) is 9.47 Å². The van der Waals surface area contributed by atoms with Gasteiger partial charge >= 0.3 is 11.9 Å². The van der Waals surface area contributed by atoms with Crippen LogP contribution in [0.25, 0.3) is 0 Å². The molecule has 16 heavy (non-hydrogen) atoms. The van der Waals surface area contributed by atoms with Crippen LogP contribution < -0.4 is 0 Å². The van der Waals surface area contributed by atoms with Gasteiger partial charge in [0.05, 0.1) is 6.61 Å². The zero-order valence-electron chi connectivity index (χ0n) is 10.8. The smallest absolute Gasteiger partial charge is 0.317 e. The Morgan fingerprint density at radius 2 is 1.75 bits per heavy atom. The van der Waals surface area contributed by atoms with Gasteiger partial charge in [-0.1, -0.05) is 27.7 Å². The first-order valence-corrected chi connectivity index (χ1v) is 5.62. The first kappa shape index (κ1) is 14.9. The molecule has 0 aromatic heterocycles. The van der Waals surface area contributed by atoms with Gasteiger partial charge in [0.1, 0.15) is 12.5 Å². The van der Waals surface area contributed by atoms with Gasteiger partial charge in [-0.15, -0.1) is 0 Å². The number of carbonyl (C=O) groups is 2. The molecule has 0 spiro atoms. The molecule has 0 aliphatic carbocycles. The van der Waals surface area contributed by atoms with E-state index in [1.54, 1.807) is 0 Å². The number of ether oxygens (including phenoxy) is 2. The molecule has 4 nitrogen and oxygen atoms in total. The predicted molar refractivity (Wildman–Crippen MR) is 60.9 cm³/mol. The molecule has 0 aromatic rings. The van der Waals surface area contributed by atoms with Crippen LogP contribution in [0, 0.1) is 5.41 Å². The number of rotatable bonds is 5. The molecule has 0 radical (unpaired) electrons. The second-order valence-corrected chi connectivity index (χ2v) is 4.90. The minimum Gasteiger partial charge on any atom is -0.465 e. The van der Waals surface area contributed by atoms with Crippen LogP contribution in [-0.4, -0.2) is 24.6 Å². The maximum Gasteiger partial charge on any atom is 0.317 e. The lowest BCUT2D eigenvalue weighted by molar-refractivity contribution is -0.160. The van der Waals surface area contributed by atoms with Gasteiger partial charge in [-0.25, -0.2) is 0 Å². The van der Waals surface area contributed by atoms with E-state index in [-0.39, 0.29) is 17.9 Å². The molecule has 1 unspecified atom stereocenters. The fraction of sp³-hybridized carbons (Fsp3) is 0.833. The topological polar surface area (TPSA) is 52.6 Å². The Labute approximate surface area is 97.3 Å². The molecule has 94 valence electrons. The standard InChI is InChI=1S/C12H22O4/c1-6-7-15-10(13)8-11(14)16-9(2)12(3,4)5/h9H,6-8H2,1-5H3. The zero-order valence-corrected chi connectivity index (χ0v) is 10.8. The van der Waals surface area contributed by atoms with Gasteiger partial charge < -0.3 is 9.47 Å². The Kier molecular flexibility index (Phi) is 6.08. The first-order valence-electron chi connectivity index (χ1n) is 5.62. The van der Waals surface area contributed by atoms with E-state index in [0.717, 1.165) is 6.42 Å². The third kappa shape index (κ3) is 6.43. The maximum atomic E-state index is 11.4. The first-order chi connectivity index (χ1) is 7.27. The highest BCUT2D eigenvalue weighted by Gasteiger charge is 2.24. The van der Waals surface area contributed by atoms with Crippen LogP contribution in [-0.2, 0) is 19.1 Å². The van der Waals surface area contributed by atoms with E-state index in [9.17, 15) is 9.59 Å². The molecule has 0 aromatic carbocycles. The lowest BCUT2D eigenvalue weighted by Crippen LogP contribution is -2.29. The van der Waals surface area contributed by atoms with Crippen molar-refractivity contribution in [3.63, 3.8) is 0 Å². The number of hydrogen-bond acceptors (Lipinski definition) is 4. The van der Waals surface area contributed by atoms with Crippen molar-refractivity contribution in [1.29, 1.82) is 0 Å². The van der Waals surface area contributed by atoms with Crippen molar-refractivity contribution in [3.8, 4) is 0 Å². The molecule has 0 bridgehead atoms. The molecule has 0 fully saturated rings. The third-order valence-corrected chi connectivity index (χ3v) is 2.28. The summed E-state index contributed by atoms with van der Waals surface area (Å²) in [4.78, 5) is 22.5. The average molecular weight is 230 g/mol. The molecule has 0 heterocycles. The summed E-state index contributed by atoms with van der Waals surface area (Å²) in [6, 6.07) is 0. The fourth-order valence-electron chi connectivity index (χ4n) is 0.800. The molecule has 0 aliphatic rings. The van der Waals surface area contributed by atoms with Gasteiger partial charge in [-0.2, -0.15) is 0 Å². The van der Waals surface area contributed by atoms with E-state index < -0.39 is 11.9 Å². The third-order valence-electron chi connectivity index (χ3n) is 2.28. The maximum absolute atomic E-state index is 11.4. The Bertz CT molecular complexity index is 240. The molecule has 0 saturated heterocycles. The highest BCUT2D eigenvalue weighted by molar-refractivity contribution is 5.91. The quantitative estimate of drug-likeness (QED) is 0.537. The molecule has 1 atom stereocenters. The van der Waals surface area contributed by atoms with Crippen molar-refractivity contribution in [2.75, 3.05) is 6.61 Å². The summed E-state index contributed by atoms with van der Waals surface area (Å²) in [7, 11) is 0. The number of esters is 2. The second-order valence-electron chi connectivity index (χ2n) is 4.90. The van der Waals surface area contributed by atoms with Gasteiger partial charge in [0, 0.05) is 0 Å². The second kappa shape index (κ2) is 6.51. The summed E-state index contributed by atoms with van der Waals surface area (Å²) in [5.41, 5.74) is -0.122. The minimum atomic E-state index is -0.525. The molecule has 0 rings (SSSR count). The Morgan fingerprint density at radius 3 is 2.19 bits per heavy atom. The van der Waals surface area contributed by atoms with Crippen molar-refractivity contribution < 1.29 is 19.1 Å². The summed E-state index contributed by atoms with van der Waals surface area (Å²) >= 11 is 0. The van der Waals surface area contributed by atoms with Crippen molar-refractivity contribution in [2.45, 2.75) is 53.6 Å². The molecule has 0 aliphatic heterocycles. The van der Waals surface area contributed by atoms with Gasteiger partial charge in [-0.3, -0.25) is 9.59 Å². The summed E-state index contributed by atoms with van der Waals surface area (Å²) in [6.07, 6.45) is 0.221. The van der Waals surface area contributed by atoms with Gasteiger partial charge in [-0.05, 0) is 18.8 Å². The summed E-state index contributed by atoms with van der Waals surface area (Å²) in [6.45, 7) is 9.98. The van der Waals surface area contributed by atoms with Crippen LogP contribution >= 0.6 is 0 Å². The van der Waals surface area contributed by atoms with Crippen molar-refractivity contribution >= 4 is 11.9 Å². The van der Waals surface area contributed by atoms with Crippen LogP contribution in [0.4, 0.5) is 0 Å². The lowest BCUT2D eigenvalue weighted by atomic mass is 9.90. The van der Waals surface area contributed by atoms with E-state index in [0.29, 0.717) is 6.61 Å². The van der Waals surface area contributed by atoms with Crippen LogP contribution in [0.5, 0.6) is 0 Å². The Balaban J connectivity index is 3.95. The van der Waals surface area contributed by atoms with E-state index in [2.05, 4.69) is 0 Å². The van der Waals surface area contributed by atoms with Gasteiger partial charge in [0.25, 0.3) is 0 Å². The largest absolute Gasteiger partial charge is 0.465 e. The SMILES string of the molecule is CCCOC(=O)CC(=O)OC(C)C(C)(C)C. The lowest BCUT2D eigenvalue weighted by Gasteiger charge is -2.26. The van der Waals surface area contributed by atoms with Gasteiger partial charge in [0.2, 0.25) is 0 Å². The molecular formula is C12H22O4. The summed E-state index contributed by atoms with van der Waals surface area (Å²) in [5.74, 6) is -1.04. The van der Waals surface area contributed by atoms with Crippen LogP contribution in [0.15, 0.2) is 0 Å². The monoisotopic (exact) mass is 230 g/mol. The van der Waals surface area contributed by atoms with E-state index >= 15 is 0 Å². The van der Waals surface area contributed by atoms with Crippen LogP contribution in [0.2, 0.25) is 0 Å². The summed E-state index contributed by atoms with van der Waals surface area (Å²) in [5, 5.41) is 0. The fourth-order valence-corrected chi connectivity index (χ4v) is 0.800. The molecule has 0 amide bonds. The number of hydrogen-bond donors (Lipinski definition) is 0. The normalized spacial score (nSPS) is 13.1. The van der Waals surface area contributed by atoms with E-state index in [1.807, 2.05) is 34.6 Å². The van der Waals surface area contributed by atoms with E-state index in [1.165, 1.54) is 0 Å². The van der Waals surface area contributed by atoms with Crippen molar-refractivity contribution in [1.82, 2.24) is 0 Å². The zero-order chi connectivity index (χ0) is 12.8. The Morgan fingerprint density at radius 1 is 1.19 bits per heavy atom. The molecule has 4 heteroatoms. The summed E-state index contributed by atoms with van der Waals surface area (Å²) < 4.78 is 9.91. The highest BCUT2D eigenvalue weighted by atomic mass is 16.6. The molecule has 0 saturated carbocycles. The average Bonchev–Trinajstić information content (AvgIpc) is 2.12. The predicted octanol–water partition coefficient (Wildman–Crippen LogP) is 2.31. The highest BCUT2D eigenvalue weighted by Crippen LogP contribution is 2.21. The van der Waals surface area contributed by atoms with Gasteiger partial charge in [0.15, 0.2) is 0 Å². The van der Waals surface area contributed by atoms with Crippen molar-refractivity contribution in [2.24, 2.45) is 5.41 Å². The van der Waals surface area contributed by atoms with Crippen LogP contribution in [0.3, 0.4) is 0 Å². The van der Waals surface area contributed by atoms with Crippen molar-refractivity contribution in [3.05, 3.63) is 0 Å². The molecular weight excluding hydrogens is 208 g/mol.